The molecule has 8 atom stereocenters. The molecule has 122 valence electrons. The predicted octanol–water partition coefficient (Wildman–Crippen LogP) is -0.123. The van der Waals surface area contributed by atoms with Crippen LogP contribution in [0, 0.1) is 11.8 Å². The fraction of sp³-hybridized carbons (Fsp3) is 0.933. The summed E-state index contributed by atoms with van der Waals surface area (Å²) in [4.78, 5) is 11.1. The van der Waals surface area contributed by atoms with Gasteiger partial charge in [0, 0.05) is 18.3 Å². The summed E-state index contributed by atoms with van der Waals surface area (Å²) in [5.74, 6) is -0.229. The summed E-state index contributed by atoms with van der Waals surface area (Å²) >= 11 is 0. The number of carbonyl (C=O) groups excluding carboxylic acids is 1. The zero-order valence-corrected chi connectivity index (χ0v) is 12.8. The minimum atomic E-state index is -1.04. The van der Waals surface area contributed by atoms with E-state index in [9.17, 15) is 20.1 Å². The van der Waals surface area contributed by atoms with Crippen LogP contribution in [-0.2, 0) is 14.3 Å². The predicted molar refractivity (Wildman–Crippen MR) is 74.7 cm³/mol. The molecule has 2 saturated heterocycles. The van der Waals surface area contributed by atoms with E-state index in [4.69, 9.17) is 9.47 Å². The number of Topliss-reactive ketones (excluding diaryl/α,β-unsaturated/α-hetero) is 1. The molecule has 0 spiro atoms. The van der Waals surface area contributed by atoms with Crippen LogP contribution in [0.15, 0.2) is 0 Å². The highest BCUT2D eigenvalue weighted by Gasteiger charge is 2.48. The van der Waals surface area contributed by atoms with Crippen molar-refractivity contribution < 1.29 is 29.6 Å². The van der Waals surface area contributed by atoms with Gasteiger partial charge in [-0.15, -0.1) is 0 Å². The van der Waals surface area contributed by atoms with E-state index in [0.717, 1.165) is 0 Å². The lowest BCUT2D eigenvalue weighted by Crippen LogP contribution is -2.51. The fourth-order valence-electron chi connectivity index (χ4n) is 3.00. The molecule has 6 nitrogen and oxygen atoms in total. The number of aliphatic hydroxyl groups excluding tert-OH is 3. The van der Waals surface area contributed by atoms with Crippen molar-refractivity contribution in [2.75, 3.05) is 6.61 Å². The highest BCUT2D eigenvalue weighted by Crippen LogP contribution is 2.38. The highest BCUT2D eigenvalue weighted by atomic mass is 16.6. The summed E-state index contributed by atoms with van der Waals surface area (Å²) in [5, 5.41) is 29.8. The van der Waals surface area contributed by atoms with E-state index in [-0.39, 0.29) is 36.2 Å². The van der Waals surface area contributed by atoms with Crippen molar-refractivity contribution >= 4 is 5.78 Å². The van der Waals surface area contributed by atoms with Crippen molar-refractivity contribution in [3.05, 3.63) is 0 Å². The van der Waals surface area contributed by atoms with Crippen LogP contribution < -0.4 is 0 Å². The lowest BCUT2D eigenvalue weighted by molar-refractivity contribution is -0.170. The zero-order chi connectivity index (χ0) is 15.7. The van der Waals surface area contributed by atoms with Crippen LogP contribution >= 0.6 is 0 Å². The fourth-order valence-corrected chi connectivity index (χ4v) is 3.00. The van der Waals surface area contributed by atoms with Crippen LogP contribution in [0.3, 0.4) is 0 Å². The van der Waals surface area contributed by atoms with Crippen LogP contribution in [0.1, 0.15) is 33.6 Å². The molecule has 0 amide bonds. The topological polar surface area (TPSA) is 99.5 Å². The van der Waals surface area contributed by atoms with Crippen molar-refractivity contribution in [2.45, 2.75) is 70.2 Å². The number of rotatable bonds is 6. The summed E-state index contributed by atoms with van der Waals surface area (Å²) in [6.07, 6.45) is -2.30. The molecule has 0 unspecified atom stereocenters. The largest absolute Gasteiger partial charge is 0.393 e. The Hall–Kier alpha value is -0.530. The maximum Gasteiger partial charge on any atom is 0.132 e. The third-order valence-corrected chi connectivity index (χ3v) is 4.66. The molecule has 0 aromatic carbocycles. The third-order valence-electron chi connectivity index (χ3n) is 4.66. The molecule has 2 aliphatic rings. The number of hydrogen-bond donors (Lipinski definition) is 3. The average molecular weight is 302 g/mol. The Kier molecular flexibility index (Phi) is 5.38. The van der Waals surface area contributed by atoms with Gasteiger partial charge in [-0.1, -0.05) is 6.92 Å². The van der Waals surface area contributed by atoms with Gasteiger partial charge in [-0.3, -0.25) is 4.79 Å². The molecule has 6 heteroatoms. The number of aliphatic hydroxyl groups is 3. The monoisotopic (exact) mass is 302 g/mol. The summed E-state index contributed by atoms with van der Waals surface area (Å²) in [6, 6.07) is 0. The van der Waals surface area contributed by atoms with E-state index in [1.54, 1.807) is 6.92 Å². The Labute approximate surface area is 125 Å². The summed E-state index contributed by atoms with van der Waals surface area (Å²) in [6.45, 7) is 5.42. The Balaban J connectivity index is 1.83. The first-order valence-corrected chi connectivity index (χ1v) is 7.62. The molecule has 0 aromatic rings. The van der Waals surface area contributed by atoms with Gasteiger partial charge in [0.1, 0.15) is 11.9 Å². The van der Waals surface area contributed by atoms with Crippen LogP contribution in [-0.4, -0.2) is 64.3 Å². The van der Waals surface area contributed by atoms with Crippen molar-refractivity contribution in [1.29, 1.82) is 0 Å². The number of ketones is 1. The van der Waals surface area contributed by atoms with Gasteiger partial charge in [-0.05, 0) is 20.3 Å². The Bertz CT molecular complexity index is 371. The maximum atomic E-state index is 11.1. The molecule has 0 bridgehead atoms. The Morgan fingerprint density at radius 3 is 2.48 bits per heavy atom. The van der Waals surface area contributed by atoms with Gasteiger partial charge in [0.15, 0.2) is 0 Å². The van der Waals surface area contributed by atoms with E-state index in [1.165, 1.54) is 6.92 Å². The summed E-state index contributed by atoms with van der Waals surface area (Å²) < 4.78 is 11.1. The first-order chi connectivity index (χ1) is 9.81. The number of carbonyl (C=O) groups is 1. The van der Waals surface area contributed by atoms with Crippen molar-refractivity contribution in [1.82, 2.24) is 0 Å². The molecule has 2 aliphatic heterocycles. The Morgan fingerprint density at radius 1 is 1.24 bits per heavy atom. The van der Waals surface area contributed by atoms with Crippen LogP contribution in [0.5, 0.6) is 0 Å². The van der Waals surface area contributed by atoms with E-state index in [1.807, 2.05) is 6.92 Å². The van der Waals surface area contributed by atoms with Crippen LogP contribution in [0.25, 0.3) is 0 Å². The van der Waals surface area contributed by atoms with Crippen molar-refractivity contribution in [3.8, 4) is 0 Å². The highest BCUT2D eigenvalue weighted by molar-refractivity contribution is 5.76. The van der Waals surface area contributed by atoms with Gasteiger partial charge in [0.2, 0.25) is 0 Å². The van der Waals surface area contributed by atoms with E-state index in [2.05, 4.69) is 0 Å². The number of hydrogen-bond acceptors (Lipinski definition) is 6. The summed E-state index contributed by atoms with van der Waals surface area (Å²) in [7, 11) is 0. The molecule has 0 saturated carbocycles. The second kappa shape index (κ2) is 6.71. The Morgan fingerprint density at radius 2 is 1.90 bits per heavy atom. The molecule has 0 radical (unpaired) electrons. The molecule has 21 heavy (non-hydrogen) atoms. The molecule has 3 N–H and O–H groups in total. The molecule has 0 aromatic heterocycles. The second-order valence-corrected chi connectivity index (χ2v) is 6.49. The van der Waals surface area contributed by atoms with E-state index in [0.29, 0.717) is 13.0 Å². The van der Waals surface area contributed by atoms with Gasteiger partial charge in [-0.2, -0.15) is 0 Å². The second-order valence-electron chi connectivity index (χ2n) is 6.49. The molecule has 2 rings (SSSR count). The van der Waals surface area contributed by atoms with Crippen LogP contribution in [0.2, 0.25) is 0 Å². The minimum absolute atomic E-state index is 0.00397. The van der Waals surface area contributed by atoms with Crippen molar-refractivity contribution in [3.63, 3.8) is 0 Å². The minimum Gasteiger partial charge on any atom is -0.393 e. The lowest BCUT2D eigenvalue weighted by Gasteiger charge is -2.37. The average Bonchev–Trinajstić information content (AvgIpc) is 3.16. The maximum absolute atomic E-state index is 11.1. The standard InChI is InChI=1S/C15H26O6/c1-7(16)4-11-14(19)13(18)10(6-20-11)5-12-15(21-12)8(2)9(3)17/h8-15,17-19H,4-6H2,1-3H3/t8-,9-,10-,11-,12-,13+,14-,15-/m0/s1. The van der Waals surface area contributed by atoms with Gasteiger partial charge in [0.25, 0.3) is 0 Å². The van der Waals surface area contributed by atoms with Gasteiger partial charge < -0.3 is 24.8 Å². The number of epoxide rings is 1. The van der Waals surface area contributed by atoms with Gasteiger partial charge in [-0.25, -0.2) is 0 Å². The molecule has 2 fully saturated rings. The molecular weight excluding hydrogens is 276 g/mol. The van der Waals surface area contributed by atoms with Crippen molar-refractivity contribution in [2.24, 2.45) is 11.8 Å². The van der Waals surface area contributed by atoms with E-state index >= 15 is 0 Å². The SMILES string of the molecule is CC(=O)C[C@@H]1OC[C@H](C[C@@H]2O[C@H]2[C@@H](C)[C@H](C)O)[C@@H](O)[C@H]1O. The quantitative estimate of drug-likeness (QED) is 0.591. The first kappa shape index (κ1) is 16.8. The first-order valence-electron chi connectivity index (χ1n) is 7.62. The molecular formula is C15H26O6. The third kappa shape index (κ3) is 4.02. The normalized spacial score (nSPS) is 42.4. The van der Waals surface area contributed by atoms with E-state index < -0.39 is 24.4 Å². The lowest BCUT2D eigenvalue weighted by atomic mass is 9.86. The summed E-state index contributed by atoms with van der Waals surface area (Å²) in [5.41, 5.74) is 0. The smallest absolute Gasteiger partial charge is 0.132 e. The zero-order valence-electron chi connectivity index (χ0n) is 12.8. The number of ether oxygens (including phenoxy) is 2. The molecule has 0 aliphatic carbocycles. The van der Waals surface area contributed by atoms with Gasteiger partial charge in [0.05, 0.1) is 37.1 Å². The molecule has 2 heterocycles. The van der Waals surface area contributed by atoms with Gasteiger partial charge >= 0.3 is 0 Å². The van der Waals surface area contributed by atoms with Crippen LogP contribution in [0.4, 0.5) is 0 Å².